The molecule has 1 heterocycles. The molecule has 1 saturated heterocycles. The molecule has 2 fully saturated rings. The minimum atomic E-state index is -3.25. The largest absolute Gasteiger partial charge is 0.339 e. The monoisotopic (exact) mass is 372 g/mol. The molecule has 0 atom stereocenters. The first-order chi connectivity index (χ1) is 11.0. The Bertz CT molecular complexity index is 662. The molecule has 24 heavy (non-hydrogen) atoms. The van der Waals surface area contributed by atoms with Gasteiger partial charge >= 0.3 is 0 Å². The first kappa shape index (κ1) is 19.2. The number of nitrogens with zero attached hydrogens (tertiary/aromatic N) is 1. The third kappa shape index (κ3) is 3.92. The van der Waals surface area contributed by atoms with Crippen molar-refractivity contribution in [3.63, 3.8) is 0 Å². The molecule has 0 unspecified atom stereocenters. The Morgan fingerprint density at radius 1 is 1.00 bits per heavy atom. The first-order valence-electron chi connectivity index (χ1n) is 8.37. The number of benzene rings is 1. The van der Waals surface area contributed by atoms with Crippen LogP contribution in [0, 0.1) is 0 Å². The van der Waals surface area contributed by atoms with E-state index in [1.54, 1.807) is 29.2 Å². The van der Waals surface area contributed by atoms with Gasteiger partial charge in [-0.25, -0.2) is 8.42 Å². The van der Waals surface area contributed by atoms with E-state index in [0.717, 1.165) is 38.5 Å². The van der Waals surface area contributed by atoms with E-state index < -0.39 is 9.84 Å². The van der Waals surface area contributed by atoms with Crippen molar-refractivity contribution in [2.75, 3.05) is 13.1 Å². The highest BCUT2D eigenvalue weighted by molar-refractivity contribution is 7.92. The molecule has 1 saturated carbocycles. The second-order valence-corrected chi connectivity index (χ2v) is 8.83. The quantitative estimate of drug-likeness (QED) is 0.883. The number of halogens is 1. The smallest absolute Gasteiger partial charge is 0.253 e. The van der Waals surface area contributed by atoms with Crippen LogP contribution in [0.5, 0.6) is 0 Å². The van der Waals surface area contributed by atoms with E-state index >= 15 is 0 Å². The summed E-state index contributed by atoms with van der Waals surface area (Å²) in [4.78, 5) is 14.6. The predicted octanol–water partition coefficient (Wildman–Crippen LogP) is 2.39. The molecule has 2 aliphatic rings. The van der Waals surface area contributed by atoms with E-state index in [4.69, 9.17) is 5.73 Å². The molecule has 1 aliphatic heterocycles. The summed E-state index contributed by atoms with van der Waals surface area (Å²) in [5.41, 5.74) is 6.41. The van der Waals surface area contributed by atoms with Crippen LogP contribution >= 0.6 is 12.4 Å². The van der Waals surface area contributed by atoms with Crippen molar-refractivity contribution < 1.29 is 13.2 Å². The summed E-state index contributed by atoms with van der Waals surface area (Å²) in [6, 6.07) is 6.61. The number of piperidine rings is 1. The summed E-state index contributed by atoms with van der Waals surface area (Å²) in [5, 5.41) is -0.257. The zero-order valence-corrected chi connectivity index (χ0v) is 15.3. The van der Waals surface area contributed by atoms with Crippen LogP contribution < -0.4 is 5.73 Å². The molecule has 2 N–H and O–H groups in total. The average molecular weight is 373 g/mol. The molecule has 0 spiro atoms. The minimum Gasteiger partial charge on any atom is -0.339 e. The van der Waals surface area contributed by atoms with Gasteiger partial charge in [0, 0.05) is 24.7 Å². The third-order valence-corrected chi connectivity index (χ3v) is 7.28. The number of likely N-dealkylation sites (tertiary alicyclic amines) is 1. The molecule has 3 rings (SSSR count). The number of carbonyl (C=O) groups excluding carboxylic acids is 1. The van der Waals surface area contributed by atoms with Crippen molar-refractivity contribution in [1.82, 2.24) is 4.90 Å². The fraction of sp³-hybridized carbons (Fsp3) is 0.588. The van der Waals surface area contributed by atoms with Gasteiger partial charge < -0.3 is 10.6 Å². The van der Waals surface area contributed by atoms with E-state index in [1.165, 1.54) is 0 Å². The Morgan fingerprint density at radius 3 is 2.08 bits per heavy atom. The lowest BCUT2D eigenvalue weighted by Gasteiger charge is -2.30. The van der Waals surface area contributed by atoms with E-state index in [1.807, 2.05) is 0 Å². The van der Waals surface area contributed by atoms with Crippen molar-refractivity contribution in [1.29, 1.82) is 0 Å². The van der Waals surface area contributed by atoms with Crippen molar-refractivity contribution in [3.05, 3.63) is 29.8 Å². The highest BCUT2D eigenvalue weighted by Crippen LogP contribution is 2.29. The van der Waals surface area contributed by atoms with E-state index in [-0.39, 0.29) is 29.6 Å². The molecule has 134 valence electrons. The van der Waals surface area contributed by atoms with Crippen LogP contribution in [0.15, 0.2) is 29.2 Å². The maximum atomic E-state index is 12.5. The molecule has 0 radical (unpaired) electrons. The lowest BCUT2D eigenvalue weighted by atomic mass is 10.1. The molecule has 7 heteroatoms. The molecule has 5 nitrogen and oxygen atoms in total. The average Bonchev–Trinajstić information content (AvgIpc) is 3.10. The van der Waals surface area contributed by atoms with Crippen LogP contribution in [0.25, 0.3) is 0 Å². The van der Waals surface area contributed by atoms with Crippen LogP contribution in [-0.2, 0) is 9.84 Å². The number of hydrogen-bond donors (Lipinski definition) is 1. The molecule has 1 aliphatic carbocycles. The minimum absolute atomic E-state index is 0. The van der Waals surface area contributed by atoms with Gasteiger partial charge in [-0.1, -0.05) is 12.8 Å². The Morgan fingerprint density at radius 2 is 1.54 bits per heavy atom. The normalized spacial score (nSPS) is 20.0. The van der Waals surface area contributed by atoms with Crippen molar-refractivity contribution in [2.24, 2.45) is 5.73 Å². The van der Waals surface area contributed by atoms with Crippen LogP contribution in [0.2, 0.25) is 0 Å². The zero-order valence-electron chi connectivity index (χ0n) is 13.7. The SMILES string of the molecule is Cl.NC1CCN(C(=O)c2ccc(S(=O)(=O)C3CCCC3)cc2)CC1. The van der Waals surface area contributed by atoms with Gasteiger partial charge in [0.25, 0.3) is 5.91 Å². The van der Waals surface area contributed by atoms with Gasteiger partial charge in [-0.15, -0.1) is 12.4 Å². The highest BCUT2D eigenvalue weighted by Gasteiger charge is 2.30. The number of rotatable bonds is 3. The van der Waals surface area contributed by atoms with Crippen LogP contribution in [0.3, 0.4) is 0 Å². The molecule has 0 bridgehead atoms. The predicted molar refractivity (Wildman–Crippen MR) is 96.2 cm³/mol. The van der Waals surface area contributed by atoms with Gasteiger partial charge in [-0.2, -0.15) is 0 Å². The molecular weight excluding hydrogens is 348 g/mol. The lowest BCUT2D eigenvalue weighted by Crippen LogP contribution is -2.42. The van der Waals surface area contributed by atoms with Gasteiger partial charge in [-0.3, -0.25) is 4.79 Å². The van der Waals surface area contributed by atoms with Crippen LogP contribution in [-0.4, -0.2) is 43.6 Å². The summed E-state index contributed by atoms with van der Waals surface area (Å²) < 4.78 is 25.1. The van der Waals surface area contributed by atoms with E-state index in [0.29, 0.717) is 23.5 Å². The Hall–Kier alpha value is -1.11. The molecule has 0 aromatic heterocycles. The zero-order chi connectivity index (χ0) is 16.4. The standard InChI is InChI=1S/C17H24N2O3S.ClH/c18-14-9-11-19(12-10-14)17(20)13-5-7-16(8-6-13)23(21,22)15-3-1-2-4-15;/h5-8,14-15H,1-4,9-12,18H2;1H. The number of sulfone groups is 1. The number of nitrogens with two attached hydrogens (primary N) is 1. The maximum absolute atomic E-state index is 12.5. The Labute approximate surface area is 149 Å². The van der Waals surface area contributed by atoms with E-state index in [2.05, 4.69) is 0 Å². The van der Waals surface area contributed by atoms with Crippen LogP contribution in [0.1, 0.15) is 48.9 Å². The van der Waals surface area contributed by atoms with Gasteiger partial charge in [0.2, 0.25) is 0 Å². The van der Waals surface area contributed by atoms with Gasteiger partial charge in [0.15, 0.2) is 9.84 Å². The topological polar surface area (TPSA) is 80.5 Å². The second kappa shape index (κ2) is 7.85. The summed E-state index contributed by atoms with van der Waals surface area (Å²) in [6.07, 6.45) is 5.10. The van der Waals surface area contributed by atoms with E-state index in [9.17, 15) is 13.2 Å². The fourth-order valence-electron chi connectivity index (χ4n) is 3.46. The van der Waals surface area contributed by atoms with Crippen molar-refractivity contribution in [3.8, 4) is 0 Å². The summed E-state index contributed by atoms with van der Waals surface area (Å²) in [6.45, 7) is 1.34. The number of hydrogen-bond acceptors (Lipinski definition) is 4. The Kier molecular flexibility index (Phi) is 6.28. The lowest BCUT2D eigenvalue weighted by molar-refractivity contribution is 0.0714. The fourth-order valence-corrected chi connectivity index (χ4v) is 5.32. The van der Waals surface area contributed by atoms with Gasteiger partial charge in [0.1, 0.15) is 0 Å². The van der Waals surface area contributed by atoms with Gasteiger partial charge in [0.05, 0.1) is 10.1 Å². The summed E-state index contributed by atoms with van der Waals surface area (Å²) in [5.74, 6) is -0.0401. The van der Waals surface area contributed by atoms with Crippen molar-refractivity contribution >= 4 is 28.2 Å². The molecule has 1 aromatic carbocycles. The highest BCUT2D eigenvalue weighted by atomic mass is 35.5. The maximum Gasteiger partial charge on any atom is 0.253 e. The third-order valence-electron chi connectivity index (χ3n) is 5.00. The summed E-state index contributed by atoms with van der Waals surface area (Å²) >= 11 is 0. The second-order valence-electron chi connectivity index (χ2n) is 6.61. The summed E-state index contributed by atoms with van der Waals surface area (Å²) in [7, 11) is -3.25. The van der Waals surface area contributed by atoms with Crippen LogP contribution in [0.4, 0.5) is 0 Å². The number of carbonyl (C=O) groups is 1. The molecule has 1 amide bonds. The first-order valence-corrected chi connectivity index (χ1v) is 9.92. The van der Waals surface area contributed by atoms with Crippen molar-refractivity contribution in [2.45, 2.75) is 54.7 Å². The molecule has 1 aromatic rings. The van der Waals surface area contributed by atoms with Gasteiger partial charge in [-0.05, 0) is 49.9 Å². The molecular formula is C17H25ClN2O3S. The Balaban J connectivity index is 0.00000208. The number of amides is 1.